The first-order chi connectivity index (χ1) is 13.3. The summed E-state index contributed by atoms with van der Waals surface area (Å²) in [6.07, 6.45) is 2.70. The molecule has 0 aliphatic carbocycles. The Kier molecular flexibility index (Phi) is 8.45. The summed E-state index contributed by atoms with van der Waals surface area (Å²) in [5.74, 6) is -0.454. The molecule has 1 unspecified atom stereocenters. The molecule has 28 heavy (non-hydrogen) atoms. The predicted octanol–water partition coefficient (Wildman–Crippen LogP) is 4.29. The Hall–Kier alpha value is -1.45. The van der Waals surface area contributed by atoms with Gasteiger partial charge in [-0.25, -0.2) is 4.79 Å². The topological polar surface area (TPSA) is 75.7 Å². The number of nitrogens with zero attached hydrogens (tertiary/aromatic N) is 1. The highest BCUT2D eigenvalue weighted by Gasteiger charge is 2.32. The standard InChI is InChI=1S/C19H26N2O4S3/c1-5-25-18(24)15-11(2)12(3)27-16(15)20-14(22)9-7-6-8-10-21-17(23)13(4)28-19(21)26/h13H,5-10H2,1-4H3,(H,20,22). The lowest BCUT2D eigenvalue weighted by Crippen LogP contribution is -2.31. The van der Waals surface area contributed by atoms with Crippen LogP contribution >= 0.6 is 35.3 Å². The predicted molar refractivity (Wildman–Crippen MR) is 118 cm³/mol. The normalized spacial score (nSPS) is 16.6. The van der Waals surface area contributed by atoms with E-state index in [2.05, 4.69) is 5.32 Å². The first-order valence-corrected chi connectivity index (χ1v) is 11.5. The second kappa shape index (κ2) is 10.4. The maximum absolute atomic E-state index is 12.3. The number of hydrogen-bond acceptors (Lipinski definition) is 7. The molecule has 0 radical (unpaired) electrons. The number of nitrogens with one attached hydrogen (secondary N) is 1. The van der Waals surface area contributed by atoms with Gasteiger partial charge in [0.1, 0.15) is 9.32 Å². The molecular weight excluding hydrogens is 416 g/mol. The van der Waals surface area contributed by atoms with Crippen LogP contribution in [0.2, 0.25) is 0 Å². The van der Waals surface area contributed by atoms with Crippen molar-refractivity contribution < 1.29 is 19.1 Å². The summed E-state index contributed by atoms with van der Waals surface area (Å²) in [4.78, 5) is 39.1. The van der Waals surface area contributed by atoms with Crippen molar-refractivity contribution in [3.63, 3.8) is 0 Å². The van der Waals surface area contributed by atoms with Crippen LogP contribution < -0.4 is 5.32 Å². The number of rotatable bonds is 9. The third-order valence-electron chi connectivity index (χ3n) is 4.52. The van der Waals surface area contributed by atoms with E-state index in [4.69, 9.17) is 17.0 Å². The lowest BCUT2D eigenvalue weighted by atomic mass is 10.1. The number of esters is 1. The zero-order valence-corrected chi connectivity index (χ0v) is 19.1. The Morgan fingerprint density at radius 2 is 1.96 bits per heavy atom. The van der Waals surface area contributed by atoms with Crippen molar-refractivity contribution in [3.8, 4) is 0 Å². The van der Waals surface area contributed by atoms with E-state index in [1.807, 2.05) is 20.8 Å². The monoisotopic (exact) mass is 442 g/mol. The molecule has 2 amide bonds. The van der Waals surface area contributed by atoms with Crippen molar-refractivity contribution in [2.24, 2.45) is 0 Å². The molecule has 6 nitrogen and oxygen atoms in total. The van der Waals surface area contributed by atoms with E-state index in [1.54, 1.807) is 11.8 Å². The maximum Gasteiger partial charge on any atom is 0.341 e. The summed E-state index contributed by atoms with van der Waals surface area (Å²) in [5, 5.41) is 3.31. The average Bonchev–Trinajstić information content (AvgIpc) is 3.03. The van der Waals surface area contributed by atoms with Crippen LogP contribution in [0.15, 0.2) is 0 Å². The summed E-state index contributed by atoms with van der Waals surface area (Å²) >= 11 is 8.03. The molecule has 1 aliphatic heterocycles. The van der Waals surface area contributed by atoms with E-state index < -0.39 is 5.97 Å². The zero-order chi connectivity index (χ0) is 20.8. The van der Waals surface area contributed by atoms with Gasteiger partial charge in [0.15, 0.2) is 0 Å². The summed E-state index contributed by atoms with van der Waals surface area (Å²) < 4.78 is 5.75. The molecule has 1 aromatic rings. The molecule has 1 saturated heterocycles. The fourth-order valence-electron chi connectivity index (χ4n) is 2.86. The van der Waals surface area contributed by atoms with Crippen LogP contribution in [0.5, 0.6) is 0 Å². The number of carbonyl (C=O) groups is 3. The van der Waals surface area contributed by atoms with Gasteiger partial charge >= 0.3 is 5.97 Å². The van der Waals surface area contributed by atoms with Crippen molar-refractivity contribution in [2.75, 3.05) is 18.5 Å². The molecule has 2 rings (SSSR count). The number of aryl methyl sites for hydroxylation is 1. The highest BCUT2D eigenvalue weighted by Crippen LogP contribution is 2.33. The SMILES string of the molecule is CCOC(=O)c1c(NC(=O)CCCCCN2C(=O)C(C)SC2=S)sc(C)c1C. The second-order valence-corrected chi connectivity index (χ2v) is 9.78. The number of anilines is 1. The molecule has 1 aromatic heterocycles. The van der Waals surface area contributed by atoms with Gasteiger partial charge in [-0.1, -0.05) is 30.4 Å². The molecule has 0 bridgehead atoms. The smallest absolute Gasteiger partial charge is 0.341 e. The molecule has 0 saturated carbocycles. The van der Waals surface area contributed by atoms with Crippen molar-refractivity contribution in [3.05, 3.63) is 16.0 Å². The van der Waals surface area contributed by atoms with Crippen LogP contribution in [0.4, 0.5) is 5.00 Å². The van der Waals surface area contributed by atoms with Gasteiger partial charge in [-0.05, 0) is 46.1 Å². The number of unbranched alkanes of at least 4 members (excludes halogenated alkanes) is 2. The highest BCUT2D eigenvalue weighted by atomic mass is 32.2. The quantitative estimate of drug-likeness (QED) is 0.349. The van der Waals surface area contributed by atoms with Crippen molar-refractivity contribution >= 4 is 62.4 Å². The van der Waals surface area contributed by atoms with Crippen LogP contribution in [0.1, 0.15) is 60.3 Å². The first kappa shape index (κ1) is 22.8. The number of ether oxygens (including phenoxy) is 1. The van der Waals surface area contributed by atoms with E-state index in [9.17, 15) is 14.4 Å². The molecule has 1 fully saturated rings. The van der Waals surface area contributed by atoms with Gasteiger partial charge in [0.05, 0.1) is 17.4 Å². The average molecular weight is 443 g/mol. The lowest BCUT2D eigenvalue weighted by molar-refractivity contribution is -0.125. The van der Waals surface area contributed by atoms with Gasteiger partial charge in [0, 0.05) is 17.8 Å². The van der Waals surface area contributed by atoms with E-state index >= 15 is 0 Å². The molecule has 0 spiro atoms. The van der Waals surface area contributed by atoms with Gasteiger partial charge in [-0.3, -0.25) is 14.5 Å². The lowest BCUT2D eigenvalue weighted by Gasteiger charge is -2.14. The van der Waals surface area contributed by atoms with Crippen molar-refractivity contribution in [1.82, 2.24) is 4.90 Å². The number of hydrogen-bond donors (Lipinski definition) is 1. The minimum atomic E-state index is -0.405. The number of carbonyl (C=O) groups excluding carboxylic acids is 3. The van der Waals surface area contributed by atoms with Crippen LogP contribution in [-0.2, 0) is 14.3 Å². The minimum absolute atomic E-state index is 0.0719. The Bertz CT molecular complexity index is 775. The van der Waals surface area contributed by atoms with E-state index in [0.29, 0.717) is 40.9 Å². The summed E-state index contributed by atoms with van der Waals surface area (Å²) in [7, 11) is 0. The second-order valence-electron chi connectivity index (χ2n) is 6.58. The van der Waals surface area contributed by atoms with E-state index in [1.165, 1.54) is 23.1 Å². The molecule has 0 aromatic carbocycles. The Balaban J connectivity index is 1.79. The molecule has 154 valence electrons. The Morgan fingerprint density at radius 1 is 1.25 bits per heavy atom. The van der Waals surface area contributed by atoms with Crippen LogP contribution in [0, 0.1) is 13.8 Å². The van der Waals surface area contributed by atoms with Gasteiger partial charge in [0.25, 0.3) is 0 Å². The van der Waals surface area contributed by atoms with Crippen LogP contribution in [0.25, 0.3) is 0 Å². The minimum Gasteiger partial charge on any atom is -0.462 e. The van der Waals surface area contributed by atoms with Gasteiger partial charge in [-0.2, -0.15) is 0 Å². The first-order valence-electron chi connectivity index (χ1n) is 9.35. The Labute approximate surface area is 179 Å². The van der Waals surface area contributed by atoms with E-state index in [0.717, 1.165) is 23.3 Å². The zero-order valence-electron chi connectivity index (χ0n) is 16.6. The fraction of sp³-hybridized carbons (Fsp3) is 0.579. The van der Waals surface area contributed by atoms with Gasteiger partial charge in [0.2, 0.25) is 11.8 Å². The summed E-state index contributed by atoms with van der Waals surface area (Å²) in [6, 6.07) is 0. The third kappa shape index (κ3) is 5.55. The highest BCUT2D eigenvalue weighted by molar-refractivity contribution is 8.24. The van der Waals surface area contributed by atoms with Crippen LogP contribution in [0.3, 0.4) is 0 Å². The number of thioether (sulfide) groups is 1. The van der Waals surface area contributed by atoms with Crippen molar-refractivity contribution in [2.45, 2.75) is 58.6 Å². The Morgan fingerprint density at radius 3 is 2.57 bits per heavy atom. The number of thiocarbonyl (C=S) groups is 1. The van der Waals surface area contributed by atoms with Gasteiger partial charge in [-0.15, -0.1) is 11.3 Å². The van der Waals surface area contributed by atoms with E-state index in [-0.39, 0.29) is 17.1 Å². The molecular formula is C19H26N2O4S3. The molecule has 1 atom stereocenters. The maximum atomic E-state index is 12.3. The molecule has 1 aliphatic rings. The number of amides is 2. The molecule has 1 N–H and O–H groups in total. The third-order valence-corrected chi connectivity index (χ3v) is 7.12. The summed E-state index contributed by atoms with van der Waals surface area (Å²) in [6.45, 7) is 8.29. The number of thiophene rings is 1. The van der Waals surface area contributed by atoms with Crippen LogP contribution in [-0.4, -0.2) is 45.4 Å². The van der Waals surface area contributed by atoms with Gasteiger partial charge < -0.3 is 10.1 Å². The fourth-order valence-corrected chi connectivity index (χ4v) is 5.38. The molecule has 2 heterocycles. The largest absolute Gasteiger partial charge is 0.462 e. The summed E-state index contributed by atoms with van der Waals surface area (Å²) in [5.41, 5.74) is 1.29. The molecule has 9 heteroatoms. The van der Waals surface area contributed by atoms with Crippen molar-refractivity contribution in [1.29, 1.82) is 0 Å².